The molecule has 0 saturated heterocycles. The van der Waals surface area contributed by atoms with Gasteiger partial charge in [-0.25, -0.2) is 4.98 Å². The number of nitrogens with one attached hydrogen (secondary N) is 2. The number of aromatic amines is 2. The zero-order valence-corrected chi connectivity index (χ0v) is 8.77. The van der Waals surface area contributed by atoms with E-state index in [-0.39, 0.29) is 0 Å². The molecule has 0 aliphatic carbocycles. The Morgan fingerprint density at radius 2 is 2.29 bits per heavy atom. The highest BCUT2D eigenvalue weighted by molar-refractivity contribution is 5.96. The summed E-state index contributed by atoms with van der Waals surface area (Å²) in [6.07, 6.45) is 3.25. The van der Waals surface area contributed by atoms with Gasteiger partial charge in [0.15, 0.2) is 5.65 Å². The van der Waals surface area contributed by atoms with Crippen LogP contribution in [0, 0.1) is 0 Å². The third-order valence-electron chi connectivity index (χ3n) is 2.57. The normalized spacial score (nSPS) is 10.8. The second-order valence-electron chi connectivity index (χ2n) is 3.64. The van der Waals surface area contributed by atoms with E-state index < -0.39 is 5.91 Å². The first-order valence-corrected chi connectivity index (χ1v) is 5.03. The lowest BCUT2D eigenvalue weighted by Crippen LogP contribution is -2.09. The van der Waals surface area contributed by atoms with Crippen LogP contribution in [0.1, 0.15) is 10.4 Å². The highest BCUT2D eigenvalue weighted by Crippen LogP contribution is 2.24. The Morgan fingerprint density at radius 1 is 1.41 bits per heavy atom. The lowest BCUT2D eigenvalue weighted by Gasteiger charge is -1.92. The van der Waals surface area contributed by atoms with Crippen LogP contribution in [0.2, 0.25) is 0 Å². The summed E-state index contributed by atoms with van der Waals surface area (Å²) in [5.41, 5.74) is 7.82. The monoisotopic (exact) mass is 227 g/mol. The summed E-state index contributed by atoms with van der Waals surface area (Å²) in [6.45, 7) is 0. The second-order valence-corrected chi connectivity index (χ2v) is 3.64. The van der Waals surface area contributed by atoms with Gasteiger partial charge in [0.1, 0.15) is 0 Å². The summed E-state index contributed by atoms with van der Waals surface area (Å²) in [5.74, 6) is -0.463. The fourth-order valence-corrected chi connectivity index (χ4v) is 1.74. The number of H-pyrrole nitrogens is 2. The lowest BCUT2D eigenvalue weighted by atomic mass is 10.2. The minimum absolute atomic E-state index is 0.437. The van der Waals surface area contributed by atoms with Gasteiger partial charge in [-0.2, -0.15) is 5.10 Å². The fraction of sp³-hybridized carbons (Fsp3) is 0. The zero-order valence-electron chi connectivity index (χ0n) is 8.77. The first-order valence-electron chi connectivity index (χ1n) is 5.03. The lowest BCUT2D eigenvalue weighted by molar-refractivity contribution is 0.100. The topological polar surface area (TPSA) is 100 Å². The second kappa shape index (κ2) is 3.44. The maximum Gasteiger partial charge on any atom is 0.250 e. The SMILES string of the molecule is NC(=O)c1c[nH]c(-c2[nH]nc3ncccc23)c1. The van der Waals surface area contributed by atoms with Crippen molar-refractivity contribution in [3.05, 3.63) is 36.2 Å². The number of hydrogen-bond acceptors (Lipinski definition) is 3. The molecule has 17 heavy (non-hydrogen) atoms. The van der Waals surface area contributed by atoms with Gasteiger partial charge >= 0.3 is 0 Å². The van der Waals surface area contributed by atoms with Gasteiger partial charge < -0.3 is 10.7 Å². The van der Waals surface area contributed by atoms with Crippen molar-refractivity contribution in [2.45, 2.75) is 0 Å². The molecule has 1 amide bonds. The summed E-state index contributed by atoms with van der Waals surface area (Å²) >= 11 is 0. The van der Waals surface area contributed by atoms with Crippen molar-refractivity contribution < 1.29 is 4.79 Å². The molecule has 84 valence electrons. The standard InChI is InChI=1S/C11H9N5O/c12-10(17)6-4-8(14-5-6)9-7-2-1-3-13-11(7)16-15-9/h1-5,14H,(H2,12,17)(H,13,15,16). The van der Waals surface area contributed by atoms with Gasteiger partial charge in [0, 0.05) is 17.8 Å². The van der Waals surface area contributed by atoms with E-state index in [1.165, 1.54) is 0 Å². The molecule has 0 spiro atoms. The smallest absolute Gasteiger partial charge is 0.250 e. The summed E-state index contributed by atoms with van der Waals surface area (Å²) in [6, 6.07) is 5.42. The Balaban J connectivity index is 2.17. The third kappa shape index (κ3) is 1.46. The van der Waals surface area contributed by atoms with Gasteiger partial charge in [0.25, 0.3) is 0 Å². The van der Waals surface area contributed by atoms with Crippen LogP contribution >= 0.6 is 0 Å². The summed E-state index contributed by atoms with van der Waals surface area (Å²) < 4.78 is 0. The van der Waals surface area contributed by atoms with Crippen LogP contribution in [0.3, 0.4) is 0 Å². The number of amides is 1. The average Bonchev–Trinajstić information content (AvgIpc) is 2.95. The van der Waals surface area contributed by atoms with Crippen LogP contribution in [0.5, 0.6) is 0 Å². The van der Waals surface area contributed by atoms with Crippen LogP contribution in [0.4, 0.5) is 0 Å². The van der Waals surface area contributed by atoms with E-state index in [9.17, 15) is 4.79 Å². The minimum Gasteiger partial charge on any atom is -0.366 e. The van der Waals surface area contributed by atoms with Gasteiger partial charge in [0.2, 0.25) is 5.91 Å². The van der Waals surface area contributed by atoms with Crippen LogP contribution < -0.4 is 5.73 Å². The molecule has 3 rings (SSSR count). The van der Waals surface area contributed by atoms with Crippen molar-refractivity contribution in [2.24, 2.45) is 5.73 Å². The van der Waals surface area contributed by atoms with E-state index in [1.54, 1.807) is 18.5 Å². The Hall–Kier alpha value is -2.63. The molecular weight excluding hydrogens is 218 g/mol. The average molecular weight is 227 g/mol. The molecule has 0 aromatic carbocycles. The van der Waals surface area contributed by atoms with E-state index in [0.29, 0.717) is 11.2 Å². The molecule has 3 aromatic heterocycles. The number of carbonyl (C=O) groups excluding carboxylic acids is 1. The molecule has 3 heterocycles. The van der Waals surface area contributed by atoms with Gasteiger partial charge in [-0.05, 0) is 18.2 Å². The Kier molecular flexibility index (Phi) is 1.94. The van der Waals surface area contributed by atoms with Crippen molar-refractivity contribution in [1.82, 2.24) is 20.2 Å². The summed E-state index contributed by atoms with van der Waals surface area (Å²) in [4.78, 5) is 18.1. The number of nitrogens with two attached hydrogens (primary N) is 1. The Bertz CT molecular complexity index is 697. The number of pyridine rings is 1. The first kappa shape index (κ1) is 9.59. The predicted molar refractivity (Wildman–Crippen MR) is 62.2 cm³/mol. The number of carbonyl (C=O) groups is 1. The number of primary amides is 1. The van der Waals surface area contributed by atoms with E-state index in [1.807, 2.05) is 12.1 Å². The molecule has 0 unspecified atom stereocenters. The predicted octanol–water partition coefficient (Wildman–Crippen LogP) is 1.05. The van der Waals surface area contributed by atoms with Gasteiger partial charge in [-0.15, -0.1) is 0 Å². The molecule has 0 atom stereocenters. The molecule has 0 fully saturated rings. The number of fused-ring (bicyclic) bond motifs is 1. The van der Waals surface area contributed by atoms with Crippen LogP contribution in [0.25, 0.3) is 22.4 Å². The van der Waals surface area contributed by atoms with Crippen LogP contribution in [-0.4, -0.2) is 26.1 Å². The molecule has 3 aromatic rings. The summed E-state index contributed by atoms with van der Waals surface area (Å²) in [7, 11) is 0. The van der Waals surface area contributed by atoms with Gasteiger partial charge in [-0.3, -0.25) is 9.89 Å². The van der Waals surface area contributed by atoms with Crippen molar-refractivity contribution in [3.8, 4) is 11.4 Å². The van der Waals surface area contributed by atoms with Gasteiger partial charge in [0.05, 0.1) is 17.0 Å². The molecule has 6 nitrogen and oxygen atoms in total. The Morgan fingerprint density at radius 3 is 3.06 bits per heavy atom. The molecule has 0 radical (unpaired) electrons. The molecule has 4 N–H and O–H groups in total. The maximum absolute atomic E-state index is 11.0. The molecule has 0 bridgehead atoms. The summed E-state index contributed by atoms with van der Waals surface area (Å²) in [5, 5.41) is 7.86. The van der Waals surface area contributed by atoms with E-state index in [0.717, 1.165) is 16.8 Å². The maximum atomic E-state index is 11.0. The molecule has 0 aliphatic rings. The Labute approximate surface area is 95.9 Å². The van der Waals surface area contributed by atoms with Gasteiger partial charge in [-0.1, -0.05) is 0 Å². The zero-order chi connectivity index (χ0) is 11.8. The van der Waals surface area contributed by atoms with Crippen molar-refractivity contribution in [1.29, 1.82) is 0 Å². The van der Waals surface area contributed by atoms with Crippen molar-refractivity contribution in [2.75, 3.05) is 0 Å². The number of rotatable bonds is 2. The van der Waals surface area contributed by atoms with E-state index >= 15 is 0 Å². The van der Waals surface area contributed by atoms with E-state index in [4.69, 9.17) is 5.73 Å². The highest BCUT2D eigenvalue weighted by Gasteiger charge is 2.11. The minimum atomic E-state index is -0.463. The third-order valence-corrected chi connectivity index (χ3v) is 2.57. The molecule has 0 aliphatic heterocycles. The van der Waals surface area contributed by atoms with Crippen molar-refractivity contribution in [3.63, 3.8) is 0 Å². The number of nitrogens with zero attached hydrogens (tertiary/aromatic N) is 2. The fourth-order valence-electron chi connectivity index (χ4n) is 1.74. The number of aromatic nitrogens is 4. The quantitative estimate of drug-likeness (QED) is 0.610. The molecular formula is C11H9N5O. The highest BCUT2D eigenvalue weighted by atomic mass is 16.1. The molecule has 0 saturated carbocycles. The van der Waals surface area contributed by atoms with Crippen LogP contribution in [0.15, 0.2) is 30.6 Å². The van der Waals surface area contributed by atoms with E-state index in [2.05, 4.69) is 20.2 Å². The number of hydrogen-bond donors (Lipinski definition) is 3. The van der Waals surface area contributed by atoms with Crippen molar-refractivity contribution >= 4 is 16.9 Å². The first-order chi connectivity index (χ1) is 8.25. The molecule has 6 heteroatoms. The van der Waals surface area contributed by atoms with Crippen LogP contribution in [-0.2, 0) is 0 Å². The largest absolute Gasteiger partial charge is 0.366 e.